The van der Waals surface area contributed by atoms with Crippen molar-refractivity contribution in [2.45, 2.75) is 11.0 Å². The van der Waals surface area contributed by atoms with Gasteiger partial charge in [-0.3, -0.25) is 9.20 Å². The van der Waals surface area contributed by atoms with E-state index in [0.29, 0.717) is 34.0 Å². The minimum Gasteiger partial charge on any atom is -0.459 e. The molecule has 0 unspecified atom stereocenters. The Balaban J connectivity index is 1.55. The summed E-state index contributed by atoms with van der Waals surface area (Å²) in [4.78, 5) is 16.6. The molecule has 0 fully saturated rings. The highest BCUT2D eigenvalue weighted by molar-refractivity contribution is 9.10. The molecule has 0 radical (unpaired) electrons. The van der Waals surface area contributed by atoms with Crippen molar-refractivity contribution < 1.29 is 8.83 Å². The standard InChI is InChI=1S/C15H9BrN4O3S/c16-9-3-4-12-17-10(6-13(21)20(12)7-9)8-24-15-19-18-14(23-15)11-2-1-5-22-11/h1-7H,8H2. The number of thioether (sulfide) groups is 1. The Bertz CT molecular complexity index is 1060. The summed E-state index contributed by atoms with van der Waals surface area (Å²) in [5, 5.41) is 8.27. The molecule has 0 saturated carbocycles. The van der Waals surface area contributed by atoms with Crippen LogP contribution in [0.5, 0.6) is 0 Å². The van der Waals surface area contributed by atoms with Crippen LogP contribution in [-0.2, 0) is 5.75 Å². The van der Waals surface area contributed by atoms with Crippen LogP contribution < -0.4 is 5.56 Å². The van der Waals surface area contributed by atoms with Crippen LogP contribution in [0.4, 0.5) is 0 Å². The molecular formula is C15H9BrN4O3S. The zero-order valence-electron chi connectivity index (χ0n) is 12.0. The second kappa shape index (κ2) is 6.25. The van der Waals surface area contributed by atoms with Gasteiger partial charge < -0.3 is 8.83 Å². The van der Waals surface area contributed by atoms with E-state index >= 15 is 0 Å². The molecule has 9 heteroatoms. The molecule has 4 aromatic rings. The van der Waals surface area contributed by atoms with E-state index in [-0.39, 0.29) is 5.56 Å². The van der Waals surface area contributed by atoms with Crippen LogP contribution in [0.3, 0.4) is 0 Å². The van der Waals surface area contributed by atoms with Gasteiger partial charge in [-0.15, -0.1) is 10.2 Å². The molecule has 0 saturated heterocycles. The van der Waals surface area contributed by atoms with E-state index in [1.165, 1.54) is 28.5 Å². The fraction of sp³-hybridized carbons (Fsp3) is 0.0667. The summed E-state index contributed by atoms with van der Waals surface area (Å²) in [6.45, 7) is 0. The summed E-state index contributed by atoms with van der Waals surface area (Å²) >= 11 is 4.65. The summed E-state index contributed by atoms with van der Waals surface area (Å²) in [6, 6.07) is 8.60. The van der Waals surface area contributed by atoms with Gasteiger partial charge in [0.05, 0.1) is 12.0 Å². The second-order valence-electron chi connectivity index (χ2n) is 4.80. The maximum Gasteiger partial charge on any atom is 0.284 e. The number of nitrogens with zero attached hydrogens (tertiary/aromatic N) is 4. The van der Waals surface area contributed by atoms with E-state index in [2.05, 4.69) is 31.1 Å². The maximum absolute atomic E-state index is 12.2. The van der Waals surface area contributed by atoms with Crippen molar-refractivity contribution >= 4 is 33.3 Å². The average molecular weight is 405 g/mol. The fourth-order valence-electron chi connectivity index (χ4n) is 2.10. The molecule has 0 bridgehead atoms. The highest BCUT2D eigenvalue weighted by atomic mass is 79.9. The van der Waals surface area contributed by atoms with Gasteiger partial charge in [-0.05, 0) is 40.2 Å². The van der Waals surface area contributed by atoms with Crippen LogP contribution in [0.25, 0.3) is 17.3 Å². The zero-order chi connectivity index (χ0) is 16.5. The van der Waals surface area contributed by atoms with E-state index in [4.69, 9.17) is 8.83 Å². The van der Waals surface area contributed by atoms with Crippen molar-refractivity contribution in [1.82, 2.24) is 19.6 Å². The first-order chi connectivity index (χ1) is 11.7. The van der Waals surface area contributed by atoms with Gasteiger partial charge in [-0.2, -0.15) is 0 Å². The van der Waals surface area contributed by atoms with Crippen LogP contribution in [0, 0.1) is 0 Å². The summed E-state index contributed by atoms with van der Waals surface area (Å²) in [5.74, 6) is 1.28. The van der Waals surface area contributed by atoms with Gasteiger partial charge in [-0.25, -0.2) is 4.98 Å². The molecule has 120 valence electrons. The van der Waals surface area contributed by atoms with Crippen LogP contribution in [-0.4, -0.2) is 19.6 Å². The lowest BCUT2D eigenvalue weighted by atomic mass is 10.4. The highest BCUT2D eigenvalue weighted by Gasteiger charge is 2.12. The largest absolute Gasteiger partial charge is 0.459 e. The van der Waals surface area contributed by atoms with E-state index in [1.54, 1.807) is 24.4 Å². The first-order valence-corrected chi connectivity index (χ1v) is 8.65. The topological polar surface area (TPSA) is 86.4 Å². The van der Waals surface area contributed by atoms with Crippen molar-refractivity contribution in [2.24, 2.45) is 0 Å². The third-order valence-electron chi connectivity index (χ3n) is 3.16. The van der Waals surface area contributed by atoms with Gasteiger partial charge >= 0.3 is 0 Å². The van der Waals surface area contributed by atoms with Gasteiger partial charge in [0.15, 0.2) is 5.76 Å². The predicted octanol–water partition coefficient (Wildman–Crippen LogP) is 3.39. The fourth-order valence-corrected chi connectivity index (χ4v) is 3.10. The normalized spacial score (nSPS) is 11.2. The molecule has 0 aliphatic carbocycles. The third-order valence-corrected chi connectivity index (χ3v) is 4.48. The van der Waals surface area contributed by atoms with Crippen molar-refractivity contribution in [1.29, 1.82) is 0 Å². The molecule has 7 nitrogen and oxygen atoms in total. The molecule has 0 amide bonds. The van der Waals surface area contributed by atoms with E-state index in [0.717, 1.165) is 4.47 Å². The maximum atomic E-state index is 12.2. The Morgan fingerprint density at radius 2 is 2.17 bits per heavy atom. The van der Waals surface area contributed by atoms with E-state index < -0.39 is 0 Å². The Hall–Kier alpha value is -2.39. The summed E-state index contributed by atoms with van der Waals surface area (Å²) in [5.41, 5.74) is 1.09. The molecule has 0 N–H and O–H groups in total. The predicted molar refractivity (Wildman–Crippen MR) is 90.7 cm³/mol. The van der Waals surface area contributed by atoms with Crippen molar-refractivity contribution in [3.63, 3.8) is 0 Å². The number of aromatic nitrogens is 4. The number of furan rings is 1. The van der Waals surface area contributed by atoms with Gasteiger partial charge in [0.2, 0.25) is 0 Å². The second-order valence-corrected chi connectivity index (χ2v) is 6.64. The number of hydrogen-bond acceptors (Lipinski definition) is 7. The number of pyridine rings is 1. The molecule has 0 atom stereocenters. The number of fused-ring (bicyclic) bond motifs is 1. The molecule has 24 heavy (non-hydrogen) atoms. The molecule has 0 aliphatic heterocycles. The molecule has 4 aromatic heterocycles. The van der Waals surface area contributed by atoms with Crippen molar-refractivity contribution in [3.05, 3.63) is 63.3 Å². The lowest BCUT2D eigenvalue weighted by Crippen LogP contribution is -2.15. The highest BCUT2D eigenvalue weighted by Crippen LogP contribution is 2.25. The van der Waals surface area contributed by atoms with Crippen LogP contribution >= 0.6 is 27.7 Å². The van der Waals surface area contributed by atoms with E-state index in [9.17, 15) is 4.79 Å². The Morgan fingerprint density at radius 1 is 1.25 bits per heavy atom. The minimum atomic E-state index is -0.140. The Kier molecular flexibility index (Phi) is 3.95. The summed E-state index contributed by atoms with van der Waals surface area (Å²) in [6.07, 6.45) is 3.23. The minimum absolute atomic E-state index is 0.140. The number of rotatable bonds is 4. The molecule has 4 rings (SSSR count). The van der Waals surface area contributed by atoms with Crippen LogP contribution in [0.1, 0.15) is 5.69 Å². The van der Waals surface area contributed by atoms with Gasteiger partial charge in [0.25, 0.3) is 16.7 Å². The molecule has 0 aromatic carbocycles. The average Bonchev–Trinajstić information content (AvgIpc) is 3.25. The molecular weight excluding hydrogens is 396 g/mol. The van der Waals surface area contributed by atoms with Gasteiger partial charge in [-0.1, -0.05) is 11.8 Å². The smallest absolute Gasteiger partial charge is 0.284 e. The van der Waals surface area contributed by atoms with E-state index in [1.807, 2.05) is 6.07 Å². The monoisotopic (exact) mass is 404 g/mol. The summed E-state index contributed by atoms with van der Waals surface area (Å²) in [7, 11) is 0. The first kappa shape index (κ1) is 15.2. The molecule has 0 spiro atoms. The van der Waals surface area contributed by atoms with Crippen LogP contribution in [0.2, 0.25) is 0 Å². The zero-order valence-corrected chi connectivity index (χ0v) is 14.5. The van der Waals surface area contributed by atoms with Crippen molar-refractivity contribution in [3.8, 4) is 11.7 Å². The Labute approximate surface area is 147 Å². The van der Waals surface area contributed by atoms with Crippen LogP contribution in [0.15, 0.2) is 66.1 Å². The lowest BCUT2D eigenvalue weighted by Gasteiger charge is -2.03. The molecule has 0 aliphatic rings. The van der Waals surface area contributed by atoms with Gasteiger partial charge in [0.1, 0.15) is 5.65 Å². The van der Waals surface area contributed by atoms with Crippen molar-refractivity contribution in [2.75, 3.05) is 0 Å². The number of hydrogen-bond donors (Lipinski definition) is 0. The number of halogens is 1. The first-order valence-electron chi connectivity index (χ1n) is 6.87. The van der Waals surface area contributed by atoms with Gasteiger partial charge in [0, 0.05) is 22.5 Å². The molecule has 4 heterocycles. The quantitative estimate of drug-likeness (QED) is 0.481. The summed E-state index contributed by atoms with van der Waals surface area (Å²) < 4.78 is 13.0. The lowest BCUT2D eigenvalue weighted by molar-refractivity contribution is 0.447. The SMILES string of the molecule is O=c1cc(CSc2nnc(-c3ccco3)o2)nc2ccc(Br)cn12. The Morgan fingerprint density at radius 3 is 3.00 bits per heavy atom. The third kappa shape index (κ3) is 3.00.